The van der Waals surface area contributed by atoms with Crippen molar-refractivity contribution < 1.29 is 36.6 Å². The predicted octanol–water partition coefficient (Wildman–Crippen LogP) is 5.06. The minimum Gasteiger partial charge on any atom is -0.457 e. The third-order valence-corrected chi connectivity index (χ3v) is 3.46. The average Bonchev–Trinajstić information content (AvgIpc) is 3.03. The lowest BCUT2D eigenvalue weighted by Gasteiger charge is -2.11. The monoisotopic (exact) mass is 378 g/mol. The molecule has 2 aromatic carbocycles. The molecule has 1 heterocycles. The maximum atomic E-state index is 12.6. The number of ether oxygens (including phenoxy) is 3. The Bertz CT molecular complexity index is 975. The molecule has 0 spiro atoms. The van der Waals surface area contributed by atoms with Crippen molar-refractivity contribution in [1.82, 2.24) is 0 Å². The van der Waals surface area contributed by atoms with Crippen molar-refractivity contribution in [3.8, 4) is 22.8 Å². The predicted molar refractivity (Wildman–Crippen MR) is 90.1 cm³/mol. The molecule has 8 heteroatoms. The Morgan fingerprint density at radius 2 is 1.93 bits per heavy atom. The summed E-state index contributed by atoms with van der Waals surface area (Å²) in [6.07, 6.45) is -3.81. The van der Waals surface area contributed by atoms with E-state index in [-0.39, 0.29) is 23.9 Å². The molecule has 3 rings (SSSR count). The fourth-order valence-corrected chi connectivity index (χ4v) is 2.33. The van der Waals surface area contributed by atoms with Crippen molar-refractivity contribution in [3.63, 3.8) is 0 Å². The number of esters is 1. The van der Waals surface area contributed by atoms with Gasteiger partial charge in [-0.2, -0.15) is 0 Å². The minimum absolute atomic E-state index is 0.161. The Morgan fingerprint density at radius 3 is 2.67 bits per heavy atom. The molecule has 0 bridgehead atoms. The molecular weight excluding hydrogens is 365 g/mol. The van der Waals surface area contributed by atoms with Crippen LogP contribution in [0.5, 0.6) is 11.5 Å². The second-order valence-electron chi connectivity index (χ2n) is 5.28. The normalized spacial score (nSPS) is 11.2. The number of hydrogen-bond donors (Lipinski definition) is 0. The number of carbonyl (C=O) groups is 1. The fraction of sp³-hybridized carbons (Fsp3) is 0.105. The summed E-state index contributed by atoms with van der Waals surface area (Å²) >= 11 is 0. The Balaban J connectivity index is 1.85. The first-order chi connectivity index (χ1) is 12.9. The smallest absolute Gasteiger partial charge is 0.457 e. The zero-order valence-corrected chi connectivity index (χ0v) is 13.8. The number of hydrogen-bond acceptors (Lipinski definition) is 5. The quantitative estimate of drug-likeness (QED) is 0.341. The molecule has 0 aliphatic heterocycles. The summed E-state index contributed by atoms with van der Waals surface area (Å²) in [5.74, 6) is -0.422. The van der Waals surface area contributed by atoms with E-state index >= 15 is 0 Å². The summed E-state index contributed by atoms with van der Waals surface area (Å²) in [6, 6.07) is 12.1. The van der Waals surface area contributed by atoms with Crippen molar-refractivity contribution >= 4 is 16.9 Å². The van der Waals surface area contributed by atoms with E-state index in [4.69, 9.17) is 13.9 Å². The molecule has 0 atom stereocenters. The number of para-hydroxylation sites is 1. The second-order valence-corrected chi connectivity index (χ2v) is 5.28. The highest BCUT2D eigenvalue weighted by Crippen LogP contribution is 2.37. The van der Waals surface area contributed by atoms with Gasteiger partial charge in [0.1, 0.15) is 22.8 Å². The van der Waals surface area contributed by atoms with E-state index in [9.17, 15) is 18.0 Å². The van der Waals surface area contributed by atoms with Crippen molar-refractivity contribution in [2.75, 3.05) is 6.79 Å². The van der Waals surface area contributed by atoms with Crippen molar-refractivity contribution in [2.24, 2.45) is 0 Å². The minimum atomic E-state index is -4.81. The van der Waals surface area contributed by atoms with Crippen molar-refractivity contribution in [1.29, 1.82) is 0 Å². The maximum Gasteiger partial charge on any atom is 0.573 e. The molecule has 0 fully saturated rings. The van der Waals surface area contributed by atoms with E-state index in [1.807, 2.05) is 0 Å². The van der Waals surface area contributed by atoms with Crippen LogP contribution in [0.25, 0.3) is 22.3 Å². The van der Waals surface area contributed by atoms with Crippen LogP contribution in [-0.2, 0) is 9.53 Å². The van der Waals surface area contributed by atoms with Gasteiger partial charge in [0.25, 0.3) is 0 Å². The molecule has 0 radical (unpaired) electrons. The second kappa shape index (κ2) is 7.45. The van der Waals surface area contributed by atoms with Gasteiger partial charge in [-0.3, -0.25) is 0 Å². The summed E-state index contributed by atoms with van der Waals surface area (Å²) in [5.41, 5.74) is 0.549. The first-order valence-corrected chi connectivity index (χ1v) is 7.66. The zero-order valence-electron chi connectivity index (χ0n) is 13.8. The molecule has 27 heavy (non-hydrogen) atoms. The van der Waals surface area contributed by atoms with Gasteiger partial charge in [-0.25, -0.2) is 4.79 Å². The number of alkyl halides is 3. The first kappa shape index (κ1) is 18.4. The van der Waals surface area contributed by atoms with Crippen molar-refractivity contribution in [2.45, 2.75) is 6.36 Å². The van der Waals surface area contributed by atoms with Gasteiger partial charge >= 0.3 is 12.3 Å². The van der Waals surface area contributed by atoms with E-state index in [1.165, 1.54) is 24.3 Å². The molecule has 0 unspecified atom stereocenters. The molecular formula is C19H13F3O5. The molecule has 0 aliphatic carbocycles. The molecule has 0 amide bonds. The third kappa shape index (κ3) is 4.60. The highest BCUT2D eigenvalue weighted by atomic mass is 19.4. The Labute approximate surface area is 151 Å². The number of benzene rings is 2. The fourth-order valence-electron chi connectivity index (χ4n) is 2.33. The number of fused-ring (bicyclic) bond motifs is 1. The van der Waals surface area contributed by atoms with Gasteiger partial charge in [0, 0.05) is 17.5 Å². The summed E-state index contributed by atoms with van der Waals surface area (Å²) in [6.45, 7) is 2.95. The number of rotatable bonds is 6. The van der Waals surface area contributed by atoms with Crippen LogP contribution < -0.4 is 9.47 Å². The molecule has 0 aliphatic rings. The highest BCUT2D eigenvalue weighted by Gasteiger charge is 2.32. The number of furan rings is 1. The zero-order chi connectivity index (χ0) is 19.4. The number of halogens is 3. The molecule has 0 N–H and O–H groups in total. The van der Waals surface area contributed by atoms with E-state index in [0.717, 1.165) is 6.08 Å². The van der Waals surface area contributed by atoms with Gasteiger partial charge in [-0.05, 0) is 30.3 Å². The summed E-state index contributed by atoms with van der Waals surface area (Å²) < 4.78 is 57.4. The van der Waals surface area contributed by atoms with Crippen LogP contribution >= 0.6 is 0 Å². The molecule has 0 saturated carbocycles. The van der Waals surface area contributed by atoms with Crippen LogP contribution in [0.15, 0.2) is 65.6 Å². The van der Waals surface area contributed by atoms with Crippen LogP contribution in [0.2, 0.25) is 0 Å². The largest absolute Gasteiger partial charge is 0.573 e. The highest BCUT2D eigenvalue weighted by molar-refractivity contribution is 5.85. The lowest BCUT2D eigenvalue weighted by molar-refractivity contribution is -0.274. The standard InChI is InChI=1S/C19H13F3O5/c1-2-18(23)25-11-24-13-8-7-12-9-17(26-16(12)10-13)14-5-3-4-6-15(14)27-19(20,21)22/h2-10H,1,11H2. The van der Waals surface area contributed by atoms with Crippen LogP contribution in [0.4, 0.5) is 13.2 Å². The average molecular weight is 378 g/mol. The molecule has 1 aromatic heterocycles. The van der Waals surface area contributed by atoms with E-state index in [2.05, 4.69) is 11.3 Å². The van der Waals surface area contributed by atoms with Crippen LogP contribution in [0.1, 0.15) is 0 Å². The maximum absolute atomic E-state index is 12.6. The molecule has 3 aromatic rings. The lowest BCUT2D eigenvalue weighted by atomic mass is 10.1. The van der Waals surface area contributed by atoms with Crippen LogP contribution in [0, 0.1) is 0 Å². The molecule has 5 nitrogen and oxygen atoms in total. The van der Waals surface area contributed by atoms with E-state index in [1.54, 1.807) is 24.3 Å². The van der Waals surface area contributed by atoms with Gasteiger partial charge in [0.15, 0.2) is 0 Å². The van der Waals surface area contributed by atoms with Gasteiger partial charge in [0.05, 0.1) is 5.56 Å². The van der Waals surface area contributed by atoms with Crippen molar-refractivity contribution in [3.05, 3.63) is 61.2 Å². The van der Waals surface area contributed by atoms with Gasteiger partial charge < -0.3 is 18.6 Å². The van der Waals surface area contributed by atoms with E-state index in [0.29, 0.717) is 16.7 Å². The SMILES string of the molecule is C=CC(=O)OCOc1ccc2cc(-c3ccccc3OC(F)(F)F)oc2c1. The lowest BCUT2D eigenvalue weighted by Crippen LogP contribution is -2.17. The van der Waals surface area contributed by atoms with E-state index < -0.39 is 12.3 Å². The molecule has 0 saturated heterocycles. The Kier molecular flexibility index (Phi) is 5.07. The first-order valence-electron chi connectivity index (χ1n) is 7.66. The van der Waals surface area contributed by atoms with Crippen LogP contribution in [0.3, 0.4) is 0 Å². The van der Waals surface area contributed by atoms with Gasteiger partial charge in [-0.1, -0.05) is 18.7 Å². The topological polar surface area (TPSA) is 57.9 Å². The van der Waals surface area contributed by atoms with Gasteiger partial charge in [-0.15, -0.1) is 13.2 Å². The van der Waals surface area contributed by atoms with Crippen LogP contribution in [-0.4, -0.2) is 19.1 Å². The summed E-state index contributed by atoms with van der Waals surface area (Å²) in [5, 5.41) is 0.655. The Hall–Kier alpha value is -3.42. The molecule has 140 valence electrons. The Morgan fingerprint density at radius 1 is 1.15 bits per heavy atom. The number of carbonyl (C=O) groups excluding carboxylic acids is 1. The van der Waals surface area contributed by atoms with Gasteiger partial charge in [0.2, 0.25) is 6.79 Å². The third-order valence-electron chi connectivity index (χ3n) is 3.46. The summed E-state index contributed by atoms with van der Waals surface area (Å²) in [7, 11) is 0. The summed E-state index contributed by atoms with van der Waals surface area (Å²) in [4.78, 5) is 11.0.